The number of hydrogen-bond acceptors (Lipinski definition) is 3. The third-order valence-electron chi connectivity index (χ3n) is 3.87. The van der Waals surface area contributed by atoms with Crippen LogP contribution >= 0.6 is 11.6 Å². The van der Waals surface area contributed by atoms with E-state index in [0.717, 1.165) is 18.7 Å². The number of halogens is 3. The van der Waals surface area contributed by atoms with Gasteiger partial charge in [0.25, 0.3) is 0 Å². The van der Waals surface area contributed by atoms with E-state index < -0.39 is 23.4 Å². The molecule has 2 amide bonds. The van der Waals surface area contributed by atoms with Gasteiger partial charge in [-0.1, -0.05) is 11.6 Å². The summed E-state index contributed by atoms with van der Waals surface area (Å²) in [6, 6.07) is 1.55. The SMILES string of the molecule is COCCN1CCN(C(=O)Nc2c(F)cc(Cl)cc2F)C[C@@H]1C. The molecule has 8 heteroatoms. The van der Waals surface area contributed by atoms with Gasteiger partial charge in [0.05, 0.1) is 6.61 Å². The predicted molar refractivity (Wildman–Crippen MR) is 84.9 cm³/mol. The van der Waals surface area contributed by atoms with Gasteiger partial charge in [-0.3, -0.25) is 4.90 Å². The molecule has 23 heavy (non-hydrogen) atoms. The molecule has 0 spiro atoms. The van der Waals surface area contributed by atoms with E-state index in [-0.39, 0.29) is 11.1 Å². The molecule has 1 heterocycles. The molecular formula is C15H20ClF2N3O2. The Hall–Kier alpha value is -1.44. The number of methoxy groups -OCH3 is 1. The van der Waals surface area contributed by atoms with Crippen molar-refractivity contribution in [1.82, 2.24) is 9.80 Å². The van der Waals surface area contributed by atoms with Gasteiger partial charge in [-0.05, 0) is 19.1 Å². The minimum Gasteiger partial charge on any atom is -0.383 e. The molecule has 1 aromatic rings. The van der Waals surface area contributed by atoms with Crippen LogP contribution in [-0.4, -0.2) is 61.8 Å². The van der Waals surface area contributed by atoms with E-state index in [1.165, 1.54) is 0 Å². The Kier molecular flexibility index (Phi) is 6.15. The molecule has 128 valence electrons. The van der Waals surface area contributed by atoms with Crippen LogP contribution in [-0.2, 0) is 4.74 Å². The van der Waals surface area contributed by atoms with E-state index in [4.69, 9.17) is 16.3 Å². The number of rotatable bonds is 4. The molecular weight excluding hydrogens is 328 g/mol. The van der Waals surface area contributed by atoms with Crippen molar-refractivity contribution in [2.45, 2.75) is 13.0 Å². The lowest BCUT2D eigenvalue weighted by atomic mass is 10.2. The third kappa shape index (κ3) is 4.53. The number of piperazine rings is 1. The Bertz CT molecular complexity index is 551. The molecule has 0 aliphatic carbocycles. The minimum atomic E-state index is -0.893. The second kappa shape index (κ2) is 7.90. The Balaban J connectivity index is 1.97. The first-order valence-electron chi connectivity index (χ1n) is 7.36. The van der Waals surface area contributed by atoms with Crippen molar-refractivity contribution in [3.05, 3.63) is 28.8 Å². The summed E-state index contributed by atoms with van der Waals surface area (Å²) < 4.78 is 32.5. The normalized spacial score (nSPS) is 19.0. The first kappa shape index (κ1) is 17.9. The number of anilines is 1. The molecule has 1 aliphatic rings. The summed E-state index contributed by atoms with van der Waals surface area (Å²) in [5, 5.41) is 2.23. The maximum Gasteiger partial charge on any atom is 0.322 e. The fourth-order valence-electron chi connectivity index (χ4n) is 2.57. The number of nitrogens with one attached hydrogen (secondary N) is 1. The van der Waals surface area contributed by atoms with Crippen LogP contribution in [0.4, 0.5) is 19.3 Å². The van der Waals surface area contributed by atoms with Crippen molar-refractivity contribution in [3.63, 3.8) is 0 Å². The molecule has 0 aromatic heterocycles. The van der Waals surface area contributed by atoms with E-state index in [2.05, 4.69) is 10.2 Å². The number of urea groups is 1. The Morgan fingerprint density at radius 2 is 2.04 bits per heavy atom. The molecule has 1 N–H and O–H groups in total. The average Bonchev–Trinajstić information content (AvgIpc) is 2.49. The highest BCUT2D eigenvalue weighted by Crippen LogP contribution is 2.24. The van der Waals surface area contributed by atoms with Crippen LogP contribution in [0.5, 0.6) is 0 Å². The summed E-state index contributed by atoms with van der Waals surface area (Å²) >= 11 is 5.57. The van der Waals surface area contributed by atoms with Crippen molar-refractivity contribution in [3.8, 4) is 0 Å². The molecule has 2 rings (SSSR count). The zero-order valence-electron chi connectivity index (χ0n) is 13.1. The molecule has 0 radical (unpaired) electrons. The molecule has 1 aromatic carbocycles. The largest absolute Gasteiger partial charge is 0.383 e. The molecule has 0 unspecified atom stereocenters. The number of nitrogens with zero attached hydrogens (tertiary/aromatic N) is 2. The highest BCUT2D eigenvalue weighted by Gasteiger charge is 2.27. The number of carbonyl (C=O) groups excluding carboxylic acids is 1. The van der Waals surface area contributed by atoms with Crippen LogP contribution in [0.3, 0.4) is 0 Å². The fourth-order valence-corrected chi connectivity index (χ4v) is 2.76. The van der Waals surface area contributed by atoms with E-state index in [1.807, 2.05) is 6.92 Å². The zero-order valence-corrected chi connectivity index (χ0v) is 13.9. The highest BCUT2D eigenvalue weighted by molar-refractivity contribution is 6.30. The lowest BCUT2D eigenvalue weighted by molar-refractivity contribution is 0.0742. The van der Waals surface area contributed by atoms with E-state index in [9.17, 15) is 13.6 Å². The summed E-state index contributed by atoms with van der Waals surface area (Å²) in [4.78, 5) is 16.0. The van der Waals surface area contributed by atoms with E-state index >= 15 is 0 Å². The number of carbonyl (C=O) groups is 1. The predicted octanol–water partition coefficient (Wildman–Crippen LogP) is 2.80. The van der Waals surface area contributed by atoms with Crippen LogP contribution in [0.15, 0.2) is 12.1 Å². The summed E-state index contributed by atoms with van der Waals surface area (Å²) in [6.45, 7) is 5.05. The Labute approximate surface area is 139 Å². The van der Waals surface area contributed by atoms with Crippen molar-refractivity contribution in [1.29, 1.82) is 0 Å². The molecule has 0 bridgehead atoms. The number of hydrogen-bond donors (Lipinski definition) is 1. The summed E-state index contributed by atoms with van der Waals surface area (Å²) in [5.74, 6) is -1.79. The van der Waals surface area contributed by atoms with Crippen LogP contribution in [0.25, 0.3) is 0 Å². The van der Waals surface area contributed by atoms with Crippen LogP contribution < -0.4 is 5.32 Å². The summed E-state index contributed by atoms with van der Waals surface area (Å²) in [5.41, 5.74) is -0.478. The number of amides is 2. The number of benzene rings is 1. The number of ether oxygens (including phenoxy) is 1. The highest BCUT2D eigenvalue weighted by atomic mass is 35.5. The monoisotopic (exact) mass is 347 g/mol. The lowest BCUT2D eigenvalue weighted by Gasteiger charge is -2.39. The second-order valence-electron chi connectivity index (χ2n) is 5.50. The second-order valence-corrected chi connectivity index (χ2v) is 5.93. The van der Waals surface area contributed by atoms with Crippen molar-refractivity contribution in [2.75, 3.05) is 45.2 Å². The maximum absolute atomic E-state index is 13.7. The van der Waals surface area contributed by atoms with Gasteiger partial charge in [-0.2, -0.15) is 0 Å². The average molecular weight is 348 g/mol. The molecule has 1 fully saturated rings. The molecule has 1 aliphatic heterocycles. The van der Waals surface area contributed by atoms with Crippen molar-refractivity contribution >= 4 is 23.3 Å². The smallest absolute Gasteiger partial charge is 0.322 e. The summed E-state index contributed by atoms with van der Waals surface area (Å²) in [7, 11) is 1.64. The zero-order chi connectivity index (χ0) is 17.0. The van der Waals surface area contributed by atoms with Crippen LogP contribution in [0.1, 0.15) is 6.92 Å². The standard InChI is InChI=1S/C15H20ClF2N3O2/c1-10-9-21(4-3-20(10)5-6-23-2)15(22)19-14-12(17)7-11(16)8-13(14)18/h7-8,10H,3-6,9H2,1-2H3,(H,19,22)/t10-/m0/s1. The van der Waals surface area contributed by atoms with Gasteiger partial charge in [0, 0.05) is 44.4 Å². The van der Waals surface area contributed by atoms with Gasteiger partial charge in [0.2, 0.25) is 0 Å². The van der Waals surface area contributed by atoms with E-state index in [1.54, 1.807) is 12.0 Å². The third-order valence-corrected chi connectivity index (χ3v) is 4.09. The van der Waals surface area contributed by atoms with E-state index in [0.29, 0.717) is 26.2 Å². The van der Waals surface area contributed by atoms with Crippen molar-refractivity contribution < 1.29 is 18.3 Å². The first-order chi connectivity index (χ1) is 10.9. The fraction of sp³-hybridized carbons (Fsp3) is 0.533. The van der Waals surface area contributed by atoms with Crippen LogP contribution in [0.2, 0.25) is 5.02 Å². The Morgan fingerprint density at radius 1 is 1.39 bits per heavy atom. The molecule has 5 nitrogen and oxygen atoms in total. The Morgan fingerprint density at radius 3 is 2.61 bits per heavy atom. The molecule has 1 atom stereocenters. The maximum atomic E-state index is 13.7. The van der Waals surface area contributed by atoms with Gasteiger partial charge in [-0.15, -0.1) is 0 Å². The first-order valence-corrected chi connectivity index (χ1v) is 7.73. The molecule has 1 saturated heterocycles. The molecule has 0 saturated carbocycles. The topological polar surface area (TPSA) is 44.8 Å². The van der Waals surface area contributed by atoms with Gasteiger partial charge in [-0.25, -0.2) is 13.6 Å². The van der Waals surface area contributed by atoms with Gasteiger partial charge in [0.1, 0.15) is 5.69 Å². The van der Waals surface area contributed by atoms with Gasteiger partial charge >= 0.3 is 6.03 Å². The van der Waals surface area contributed by atoms with Gasteiger partial charge < -0.3 is 15.0 Å². The quantitative estimate of drug-likeness (QED) is 0.911. The van der Waals surface area contributed by atoms with Crippen molar-refractivity contribution in [2.24, 2.45) is 0 Å². The lowest BCUT2D eigenvalue weighted by Crippen LogP contribution is -2.55. The van der Waals surface area contributed by atoms with Crippen LogP contribution in [0, 0.1) is 11.6 Å². The van der Waals surface area contributed by atoms with Gasteiger partial charge in [0.15, 0.2) is 11.6 Å². The minimum absolute atomic E-state index is 0.0571. The summed E-state index contributed by atoms with van der Waals surface area (Å²) in [6.07, 6.45) is 0.